The number of hydrogen-bond acceptors (Lipinski definition) is 4. The van der Waals surface area contributed by atoms with E-state index in [2.05, 4.69) is 5.32 Å². The number of fused-ring (bicyclic) bond motifs is 3. The molecular weight excluding hydrogens is 426 g/mol. The zero-order valence-electron chi connectivity index (χ0n) is 19.9. The third kappa shape index (κ3) is 5.12. The van der Waals surface area contributed by atoms with Crippen LogP contribution in [-0.2, 0) is 14.3 Å². The molecule has 4 heterocycles. The third-order valence-electron chi connectivity index (χ3n) is 7.94. The van der Waals surface area contributed by atoms with Gasteiger partial charge < -0.3 is 19.4 Å². The molecule has 4 aliphatic heterocycles. The maximum absolute atomic E-state index is 13.5. The van der Waals surface area contributed by atoms with Gasteiger partial charge >= 0.3 is 5.97 Å². The number of anilines is 1. The Morgan fingerprint density at radius 3 is 2.26 bits per heavy atom. The predicted molar refractivity (Wildman–Crippen MR) is 132 cm³/mol. The van der Waals surface area contributed by atoms with Crippen LogP contribution in [0, 0.1) is 5.92 Å². The molecular formula is C28H36N3O3+. The summed E-state index contributed by atoms with van der Waals surface area (Å²) in [5, 5.41) is 3.37. The summed E-state index contributed by atoms with van der Waals surface area (Å²) in [7, 11) is 0. The van der Waals surface area contributed by atoms with E-state index in [0.29, 0.717) is 12.5 Å². The number of rotatable bonds is 7. The number of quaternary nitrogens is 1. The van der Waals surface area contributed by atoms with Crippen molar-refractivity contribution in [1.29, 1.82) is 0 Å². The van der Waals surface area contributed by atoms with Crippen LogP contribution in [0.5, 0.6) is 0 Å². The molecule has 34 heavy (non-hydrogen) atoms. The maximum atomic E-state index is 13.5. The van der Waals surface area contributed by atoms with Gasteiger partial charge in [0.2, 0.25) is 0 Å². The molecule has 4 fully saturated rings. The number of ether oxygens (including phenoxy) is 1. The summed E-state index contributed by atoms with van der Waals surface area (Å²) in [6, 6.07) is 19.0. The van der Waals surface area contributed by atoms with Gasteiger partial charge in [-0.3, -0.25) is 4.79 Å². The Hall–Kier alpha value is -2.86. The lowest BCUT2D eigenvalue weighted by Crippen LogP contribution is -2.67. The Labute approximate surface area is 202 Å². The Kier molecular flexibility index (Phi) is 6.86. The average Bonchev–Trinajstić information content (AvgIpc) is 2.89. The highest BCUT2D eigenvalue weighted by atomic mass is 16.5. The van der Waals surface area contributed by atoms with Crippen LogP contribution in [0.15, 0.2) is 60.7 Å². The molecule has 1 N–H and O–H groups in total. The van der Waals surface area contributed by atoms with Crippen molar-refractivity contribution in [3.63, 3.8) is 0 Å². The molecule has 0 unspecified atom stereocenters. The third-order valence-corrected chi connectivity index (χ3v) is 7.94. The van der Waals surface area contributed by atoms with E-state index in [1.807, 2.05) is 65.6 Å². The van der Waals surface area contributed by atoms with E-state index >= 15 is 0 Å². The van der Waals surface area contributed by atoms with Crippen molar-refractivity contribution in [3.8, 4) is 0 Å². The van der Waals surface area contributed by atoms with Crippen molar-refractivity contribution in [2.24, 2.45) is 5.92 Å². The molecule has 2 aromatic carbocycles. The van der Waals surface area contributed by atoms with Crippen LogP contribution in [-0.4, -0.2) is 66.6 Å². The van der Waals surface area contributed by atoms with Gasteiger partial charge in [-0.1, -0.05) is 48.5 Å². The number of nitrogens with one attached hydrogen (secondary N) is 1. The van der Waals surface area contributed by atoms with E-state index in [9.17, 15) is 9.59 Å². The molecule has 180 valence electrons. The van der Waals surface area contributed by atoms with Crippen molar-refractivity contribution in [2.45, 2.75) is 44.2 Å². The summed E-state index contributed by atoms with van der Waals surface area (Å²) in [6.45, 7) is 5.12. The van der Waals surface area contributed by atoms with Gasteiger partial charge in [0.1, 0.15) is 6.54 Å². The highest BCUT2D eigenvalue weighted by molar-refractivity contribution is 5.81. The minimum absolute atomic E-state index is 0.132. The molecule has 6 nitrogen and oxygen atoms in total. The standard InChI is InChI=1S/C28H36N3O3/c32-26(30-16-8-3-9-17-30)21-31-18-14-22(15-19-31)25(20-31)34-28(33)27(23-10-4-1-5-11-23)29-24-12-6-2-7-13-24/h1-2,4-7,10-13,22,25,27,29H,3,8-9,14-21H2/q+1/t22?,25-,27+,31?/m0/s1. The first-order valence-electron chi connectivity index (χ1n) is 12.8. The average molecular weight is 463 g/mol. The molecule has 0 saturated carbocycles. The van der Waals surface area contributed by atoms with Crippen LogP contribution in [0.25, 0.3) is 0 Å². The second kappa shape index (κ2) is 10.2. The fourth-order valence-electron chi connectivity index (χ4n) is 5.95. The number of piperidine rings is 4. The van der Waals surface area contributed by atoms with Crippen molar-refractivity contribution >= 4 is 17.6 Å². The Balaban J connectivity index is 1.28. The van der Waals surface area contributed by atoms with Crippen LogP contribution < -0.4 is 5.32 Å². The number of benzene rings is 2. The number of nitrogens with zero attached hydrogens (tertiary/aromatic N) is 2. The van der Waals surface area contributed by atoms with Gasteiger partial charge in [-0.2, -0.15) is 0 Å². The molecule has 2 atom stereocenters. The summed E-state index contributed by atoms with van der Waals surface area (Å²) in [5.41, 5.74) is 1.78. The topological polar surface area (TPSA) is 58.6 Å². The Bertz CT molecular complexity index is 967. The first kappa shape index (κ1) is 22.9. The van der Waals surface area contributed by atoms with Gasteiger partial charge in [-0.25, -0.2) is 4.79 Å². The molecule has 2 bridgehead atoms. The summed E-state index contributed by atoms with van der Waals surface area (Å²) in [6.07, 6.45) is 5.36. The van der Waals surface area contributed by atoms with Crippen molar-refractivity contribution < 1.29 is 18.8 Å². The molecule has 0 radical (unpaired) electrons. The number of carbonyl (C=O) groups excluding carboxylic acids is 2. The quantitative estimate of drug-likeness (QED) is 0.499. The highest BCUT2D eigenvalue weighted by Gasteiger charge is 2.49. The minimum Gasteiger partial charge on any atom is -0.454 e. The molecule has 0 aliphatic carbocycles. The monoisotopic (exact) mass is 462 g/mol. The van der Waals surface area contributed by atoms with Gasteiger partial charge in [-0.05, 0) is 37.0 Å². The van der Waals surface area contributed by atoms with Crippen LogP contribution >= 0.6 is 0 Å². The smallest absolute Gasteiger partial charge is 0.333 e. The Morgan fingerprint density at radius 1 is 0.941 bits per heavy atom. The van der Waals surface area contributed by atoms with Gasteiger partial charge in [0.25, 0.3) is 5.91 Å². The molecule has 1 amide bonds. The van der Waals surface area contributed by atoms with Gasteiger partial charge in [-0.15, -0.1) is 0 Å². The van der Waals surface area contributed by atoms with E-state index in [0.717, 1.165) is 74.1 Å². The summed E-state index contributed by atoms with van der Waals surface area (Å²) < 4.78 is 6.99. The second-order valence-corrected chi connectivity index (χ2v) is 10.2. The number of carbonyl (C=O) groups is 2. The van der Waals surface area contributed by atoms with E-state index in [1.165, 1.54) is 6.42 Å². The fourth-order valence-corrected chi connectivity index (χ4v) is 5.95. The number of hydrogen-bond donors (Lipinski definition) is 1. The molecule has 6 rings (SSSR count). The first-order chi connectivity index (χ1) is 16.6. The van der Waals surface area contributed by atoms with Gasteiger partial charge in [0.05, 0.1) is 13.1 Å². The largest absolute Gasteiger partial charge is 0.454 e. The van der Waals surface area contributed by atoms with Crippen molar-refractivity contribution in [2.75, 3.05) is 44.6 Å². The number of likely N-dealkylation sites (tertiary alicyclic amines) is 1. The Morgan fingerprint density at radius 2 is 1.59 bits per heavy atom. The van der Waals surface area contributed by atoms with Gasteiger partial charge in [0, 0.05) is 37.5 Å². The van der Waals surface area contributed by atoms with Crippen LogP contribution in [0.2, 0.25) is 0 Å². The van der Waals surface area contributed by atoms with Crippen LogP contribution in [0.1, 0.15) is 43.7 Å². The summed E-state index contributed by atoms with van der Waals surface area (Å²) >= 11 is 0. The molecule has 6 heteroatoms. The summed E-state index contributed by atoms with van der Waals surface area (Å²) in [4.78, 5) is 28.6. The first-order valence-corrected chi connectivity index (χ1v) is 12.8. The second-order valence-electron chi connectivity index (χ2n) is 10.2. The van der Waals surface area contributed by atoms with E-state index in [-0.39, 0.29) is 18.0 Å². The predicted octanol–water partition coefficient (Wildman–Crippen LogP) is 4.00. The summed E-state index contributed by atoms with van der Waals surface area (Å²) in [5.74, 6) is 0.425. The van der Waals surface area contributed by atoms with Crippen molar-refractivity contribution in [3.05, 3.63) is 66.2 Å². The normalized spacial score (nSPS) is 27.1. The number of amides is 1. The van der Waals surface area contributed by atoms with Crippen LogP contribution in [0.4, 0.5) is 5.69 Å². The maximum Gasteiger partial charge on any atom is 0.333 e. The molecule has 4 aliphatic rings. The minimum atomic E-state index is -0.567. The zero-order valence-corrected chi connectivity index (χ0v) is 19.9. The molecule has 0 aromatic heterocycles. The highest BCUT2D eigenvalue weighted by Crippen LogP contribution is 2.36. The fraction of sp³-hybridized carbons (Fsp3) is 0.500. The number of esters is 1. The molecule has 4 saturated heterocycles. The SMILES string of the molecule is O=C(O[C@H]1C[N+]2(CC(=O)N3CCCCC3)CCC1CC2)[C@H](Nc1ccccc1)c1ccccc1. The lowest BCUT2D eigenvalue weighted by atomic mass is 9.83. The van der Waals surface area contributed by atoms with E-state index in [4.69, 9.17) is 4.74 Å². The lowest BCUT2D eigenvalue weighted by molar-refractivity contribution is -0.939. The van der Waals surface area contributed by atoms with E-state index in [1.54, 1.807) is 0 Å². The van der Waals surface area contributed by atoms with Crippen molar-refractivity contribution in [1.82, 2.24) is 4.90 Å². The van der Waals surface area contributed by atoms with Gasteiger partial charge in [0.15, 0.2) is 18.7 Å². The zero-order chi connectivity index (χ0) is 23.4. The lowest BCUT2D eigenvalue weighted by Gasteiger charge is -2.52. The van der Waals surface area contributed by atoms with E-state index < -0.39 is 6.04 Å². The molecule has 2 aromatic rings. The van der Waals surface area contributed by atoms with Crippen LogP contribution in [0.3, 0.4) is 0 Å². The number of para-hydroxylation sites is 1. The molecule has 0 spiro atoms.